The Morgan fingerprint density at radius 2 is 1.58 bits per heavy atom. The molecule has 2 aliphatic carbocycles. The molecule has 3 heteroatoms. The second-order valence-corrected chi connectivity index (χ2v) is 6.97. The number of aryl methyl sites for hydroxylation is 2. The Morgan fingerprint density at radius 1 is 0.917 bits per heavy atom. The zero-order chi connectivity index (χ0) is 16.4. The Kier molecular flexibility index (Phi) is 3.90. The van der Waals surface area contributed by atoms with Gasteiger partial charge < -0.3 is 0 Å². The van der Waals surface area contributed by atoms with Crippen molar-refractivity contribution >= 4 is 0 Å². The predicted molar refractivity (Wildman–Crippen MR) is 93.9 cm³/mol. The first-order valence-corrected chi connectivity index (χ1v) is 8.75. The van der Waals surface area contributed by atoms with E-state index in [1.165, 1.54) is 22.3 Å². The molecule has 3 nitrogen and oxygen atoms in total. The molecule has 2 atom stereocenters. The molecule has 0 bridgehead atoms. The van der Waals surface area contributed by atoms with E-state index in [1.807, 2.05) is 6.07 Å². The average molecular weight is 315 g/mol. The number of rotatable bonds is 2. The largest absolute Gasteiger partial charge is 0.196 e. The van der Waals surface area contributed by atoms with Crippen LogP contribution in [0, 0.1) is 11.3 Å². The smallest absolute Gasteiger partial charge is 0.171 e. The Morgan fingerprint density at radius 3 is 2.33 bits per heavy atom. The molecule has 0 heterocycles. The molecule has 0 saturated carbocycles. The lowest BCUT2D eigenvalue weighted by Crippen LogP contribution is -2.32. The molecule has 0 N–H and O–H groups in total. The number of nitriles is 1. The zero-order valence-electron chi connectivity index (χ0n) is 13.8. The average Bonchev–Trinajstić information content (AvgIpc) is 2.66. The summed E-state index contributed by atoms with van der Waals surface area (Å²) in [6, 6.07) is 19.6. The van der Waals surface area contributed by atoms with Crippen LogP contribution in [-0.2, 0) is 25.7 Å². The molecular formula is C21H21N3. The minimum atomic E-state index is -0.675. The van der Waals surface area contributed by atoms with Crippen molar-refractivity contribution < 1.29 is 0 Å². The van der Waals surface area contributed by atoms with Gasteiger partial charge in [-0.2, -0.15) is 15.5 Å². The van der Waals surface area contributed by atoms with Crippen molar-refractivity contribution in [1.82, 2.24) is 0 Å². The van der Waals surface area contributed by atoms with Crippen LogP contribution in [0.15, 0.2) is 58.8 Å². The van der Waals surface area contributed by atoms with Crippen LogP contribution in [-0.4, -0.2) is 11.6 Å². The van der Waals surface area contributed by atoms with E-state index in [0.717, 1.165) is 32.1 Å². The fraction of sp³-hybridized carbons (Fsp3) is 0.381. The summed E-state index contributed by atoms with van der Waals surface area (Å²) in [7, 11) is 0. The van der Waals surface area contributed by atoms with Crippen molar-refractivity contribution in [1.29, 1.82) is 5.26 Å². The summed E-state index contributed by atoms with van der Waals surface area (Å²) in [6.07, 6.45) is 5.40. The first-order chi connectivity index (χ1) is 11.8. The van der Waals surface area contributed by atoms with Crippen LogP contribution in [0.25, 0.3) is 0 Å². The minimum Gasteiger partial charge on any atom is -0.196 e. The fourth-order valence-corrected chi connectivity index (χ4v) is 3.89. The predicted octanol–water partition coefficient (Wildman–Crippen LogP) is 4.45. The van der Waals surface area contributed by atoms with Gasteiger partial charge in [0, 0.05) is 6.42 Å². The first kappa shape index (κ1) is 15.1. The summed E-state index contributed by atoms with van der Waals surface area (Å²) in [5, 5.41) is 19.0. The Hall–Kier alpha value is -2.47. The molecule has 0 saturated heterocycles. The second kappa shape index (κ2) is 6.20. The van der Waals surface area contributed by atoms with Gasteiger partial charge in [-0.1, -0.05) is 48.5 Å². The van der Waals surface area contributed by atoms with E-state index in [1.54, 1.807) is 0 Å². The molecule has 0 amide bonds. The van der Waals surface area contributed by atoms with Crippen LogP contribution in [0.2, 0.25) is 0 Å². The molecule has 0 aromatic heterocycles. The van der Waals surface area contributed by atoms with Crippen molar-refractivity contribution in [2.45, 2.75) is 50.1 Å². The van der Waals surface area contributed by atoms with Gasteiger partial charge in [-0.15, -0.1) is 0 Å². The standard InChI is InChI=1S/C21H21N3/c22-15-21(12-11-17-6-2-4-8-19(17)14-21)24-23-20-10-9-16-5-1-3-7-18(16)13-20/h1-8,20H,9-14H2. The number of benzene rings is 2. The number of fused-ring (bicyclic) bond motifs is 2. The lowest BCUT2D eigenvalue weighted by Gasteiger charge is -2.28. The molecule has 2 aliphatic rings. The van der Waals surface area contributed by atoms with Crippen molar-refractivity contribution in [2.75, 3.05) is 0 Å². The Labute approximate surface area is 143 Å². The maximum absolute atomic E-state index is 9.75. The molecule has 0 radical (unpaired) electrons. The van der Waals surface area contributed by atoms with E-state index >= 15 is 0 Å². The lowest BCUT2D eigenvalue weighted by atomic mass is 9.79. The molecule has 0 fully saturated rings. The summed E-state index contributed by atoms with van der Waals surface area (Å²) in [6.45, 7) is 0. The van der Waals surface area contributed by atoms with Crippen LogP contribution in [0.5, 0.6) is 0 Å². The summed E-state index contributed by atoms with van der Waals surface area (Å²) in [4.78, 5) is 0. The number of nitrogens with zero attached hydrogens (tertiary/aromatic N) is 3. The second-order valence-electron chi connectivity index (χ2n) is 6.97. The number of hydrogen-bond donors (Lipinski definition) is 0. The van der Waals surface area contributed by atoms with Gasteiger partial charge in [0.2, 0.25) is 0 Å². The Balaban J connectivity index is 1.52. The third-order valence-electron chi connectivity index (χ3n) is 5.35. The zero-order valence-corrected chi connectivity index (χ0v) is 13.8. The van der Waals surface area contributed by atoms with Gasteiger partial charge in [-0.3, -0.25) is 0 Å². The van der Waals surface area contributed by atoms with Crippen molar-refractivity contribution in [2.24, 2.45) is 10.2 Å². The fourth-order valence-electron chi connectivity index (χ4n) is 3.89. The summed E-state index contributed by atoms with van der Waals surface area (Å²) in [5.74, 6) is 0. The topological polar surface area (TPSA) is 48.5 Å². The highest BCUT2D eigenvalue weighted by molar-refractivity contribution is 5.35. The van der Waals surface area contributed by atoms with E-state index in [9.17, 15) is 5.26 Å². The van der Waals surface area contributed by atoms with E-state index < -0.39 is 5.54 Å². The quantitative estimate of drug-likeness (QED) is 0.755. The van der Waals surface area contributed by atoms with E-state index in [0.29, 0.717) is 6.42 Å². The highest BCUT2D eigenvalue weighted by Gasteiger charge is 2.35. The maximum atomic E-state index is 9.75. The van der Waals surface area contributed by atoms with Gasteiger partial charge in [-0.05, 0) is 54.4 Å². The summed E-state index contributed by atoms with van der Waals surface area (Å²) < 4.78 is 0. The Bertz CT molecular complexity index is 818. The number of hydrogen-bond acceptors (Lipinski definition) is 3. The lowest BCUT2D eigenvalue weighted by molar-refractivity contribution is 0.425. The molecule has 2 unspecified atom stereocenters. The van der Waals surface area contributed by atoms with Crippen LogP contribution in [0.3, 0.4) is 0 Å². The van der Waals surface area contributed by atoms with E-state index in [4.69, 9.17) is 0 Å². The SMILES string of the molecule is N#CC1(N=NC2CCc3ccccc3C2)CCc2ccccc2C1. The number of azo groups is 1. The molecule has 2 aromatic rings. The van der Waals surface area contributed by atoms with Gasteiger partial charge >= 0.3 is 0 Å². The van der Waals surface area contributed by atoms with Crippen LogP contribution >= 0.6 is 0 Å². The van der Waals surface area contributed by atoms with Gasteiger partial charge in [0.15, 0.2) is 5.54 Å². The monoisotopic (exact) mass is 315 g/mol. The van der Waals surface area contributed by atoms with Gasteiger partial charge in [0.05, 0.1) is 12.1 Å². The molecular weight excluding hydrogens is 294 g/mol. The van der Waals surface area contributed by atoms with Gasteiger partial charge in [0.1, 0.15) is 0 Å². The van der Waals surface area contributed by atoms with Crippen molar-refractivity contribution in [3.05, 3.63) is 70.8 Å². The third kappa shape index (κ3) is 2.85. The van der Waals surface area contributed by atoms with Crippen molar-refractivity contribution in [3.63, 3.8) is 0 Å². The van der Waals surface area contributed by atoms with Crippen molar-refractivity contribution in [3.8, 4) is 6.07 Å². The molecule has 120 valence electrons. The van der Waals surface area contributed by atoms with Crippen LogP contribution in [0.4, 0.5) is 0 Å². The molecule has 0 aliphatic heterocycles. The van der Waals surface area contributed by atoms with Crippen LogP contribution in [0.1, 0.15) is 35.1 Å². The molecule has 2 aromatic carbocycles. The van der Waals surface area contributed by atoms with E-state index in [2.05, 4.69) is 58.8 Å². The van der Waals surface area contributed by atoms with Gasteiger partial charge in [0.25, 0.3) is 0 Å². The van der Waals surface area contributed by atoms with Gasteiger partial charge in [-0.25, -0.2) is 0 Å². The molecule has 4 rings (SSSR count). The first-order valence-electron chi connectivity index (χ1n) is 8.75. The third-order valence-corrected chi connectivity index (χ3v) is 5.35. The highest BCUT2D eigenvalue weighted by Crippen LogP contribution is 2.32. The normalized spacial score (nSPS) is 25.7. The van der Waals surface area contributed by atoms with Crippen LogP contribution < -0.4 is 0 Å². The maximum Gasteiger partial charge on any atom is 0.171 e. The summed E-state index contributed by atoms with van der Waals surface area (Å²) in [5.41, 5.74) is 4.74. The molecule has 24 heavy (non-hydrogen) atoms. The molecule has 0 spiro atoms. The highest BCUT2D eigenvalue weighted by atomic mass is 15.2. The minimum absolute atomic E-state index is 0.210. The van der Waals surface area contributed by atoms with E-state index in [-0.39, 0.29) is 6.04 Å². The summed E-state index contributed by atoms with van der Waals surface area (Å²) >= 11 is 0.